The highest BCUT2D eigenvalue weighted by Crippen LogP contribution is 2.32. The van der Waals surface area contributed by atoms with Crippen LogP contribution in [0.2, 0.25) is 0 Å². The molecule has 2 N–H and O–H groups in total. The molecule has 1 atom stereocenters. The van der Waals surface area contributed by atoms with Crippen molar-refractivity contribution in [2.45, 2.75) is 26.3 Å². The van der Waals surface area contributed by atoms with Gasteiger partial charge in [-0.25, -0.2) is 4.79 Å². The van der Waals surface area contributed by atoms with Gasteiger partial charge < -0.3 is 24.6 Å². The van der Waals surface area contributed by atoms with Crippen molar-refractivity contribution in [3.63, 3.8) is 0 Å². The number of hydrogen-bond donors (Lipinski definition) is 2. The van der Waals surface area contributed by atoms with Gasteiger partial charge in [-0.3, -0.25) is 0 Å². The van der Waals surface area contributed by atoms with Gasteiger partial charge in [-0.05, 0) is 43.8 Å². The number of hydrogen-bond acceptors (Lipinski definition) is 5. The number of nitrogens with one attached hydrogen (secondary N) is 2. The third kappa shape index (κ3) is 5.92. The van der Waals surface area contributed by atoms with Crippen LogP contribution in [0.5, 0.6) is 5.75 Å². The fourth-order valence-corrected chi connectivity index (χ4v) is 3.58. The molecule has 1 aromatic carbocycles. The second kappa shape index (κ2) is 10.8. The molecule has 0 spiro atoms. The standard InChI is InChI=1S/C21H28N4O3S/c1-5-27-20(26)18-15(2)25(13-6-12-24(3)4)21(29)23-19(18)16-7-9-17(10-8-16)28-14-11-22/h7-10,19H,5-6,12-14H2,1-4H3,(H,23,29)/p+1/t19-/m1/s1. The Hall–Kier alpha value is -2.63. The molecule has 0 amide bonds. The molecule has 7 nitrogen and oxygen atoms in total. The van der Waals surface area contributed by atoms with E-state index in [4.69, 9.17) is 27.0 Å². The fourth-order valence-electron chi connectivity index (χ4n) is 3.24. The summed E-state index contributed by atoms with van der Waals surface area (Å²) in [6.45, 7) is 5.75. The average Bonchev–Trinajstić information content (AvgIpc) is 2.68. The van der Waals surface area contributed by atoms with Crippen LogP contribution in [0, 0.1) is 11.3 Å². The molecule has 0 saturated carbocycles. The van der Waals surface area contributed by atoms with Crippen LogP contribution in [-0.2, 0) is 9.53 Å². The van der Waals surface area contributed by atoms with Gasteiger partial charge in [0.05, 0.1) is 38.9 Å². The van der Waals surface area contributed by atoms with E-state index in [0.29, 0.717) is 23.0 Å². The van der Waals surface area contributed by atoms with E-state index in [2.05, 4.69) is 19.4 Å². The molecule has 1 aromatic rings. The molecule has 1 heterocycles. The monoisotopic (exact) mass is 417 g/mol. The first-order valence-corrected chi connectivity index (χ1v) is 10.1. The zero-order valence-corrected chi connectivity index (χ0v) is 18.3. The molecule has 0 radical (unpaired) electrons. The number of nitrogens with zero attached hydrogens (tertiary/aromatic N) is 2. The molecule has 156 valence electrons. The van der Waals surface area contributed by atoms with Gasteiger partial charge in [0.2, 0.25) is 0 Å². The Bertz CT molecular complexity index is 799. The first-order chi connectivity index (χ1) is 13.9. The maximum atomic E-state index is 12.8. The van der Waals surface area contributed by atoms with Crippen molar-refractivity contribution >= 4 is 23.3 Å². The molecule has 0 fully saturated rings. The Balaban J connectivity index is 2.33. The number of ether oxygens (including phenoxy) is 2. The fraction of sp³-hybridized carbons (Fsp3) is 0.476. The van der Waals surface area contributed by atoms with Gasteiger partial charge in [-0.15, -0.1) is 0 Å². The van der Waals surface area contributed by atoms with Gasteiger partial charge in [0.25, 0.3) is 0 Å². The van der Waals surface area contributed by atoms with E-state index in [1.165, 1.54) is 4.90 Å². The number of benzene rings is 1. The summed E-state index contributed by atoms with van der Waals surface area (Å²) in [5, 5.41) is 12.5. The van der Waals surface area contributed by atoms with Crippen molar-refractivity contribution in [3.8, 4) is 11.8 Å². The summed E-state index contributed by atoms with van der Waals surface area (Å²) in [7, 11) is 4.22. The van der Waals surface area contributed by atoms with Crippen molar-refractivity contribution in [1.29, 1.82) is 5.26 Å². The number of esters is 1. The molecule has 2 rings (SSSR count). The third-order valence-corrected chi connectivity index (χ3v) is 5.01. The first-order valence-electron chi connectivity index (χ1n) is 9.73. The first kappa shape index (κ1) is 22.7. The highest BCUT2D eigenvalue weighted by atomic mass is 32.1. The zero-order chi connectivity index (χ0) is 21.4. The maximum absolute atomic E-state index is 12.8. The number of thiocarbonyl (C=S) groups is 1. The van der Waals surface area contributed by atoms with E-state index in [1.54, 1.807) is 19.1 Å². The van der Waals surface area contributed by atoms with E-state index in [9.17, 15) is 4.79 Å². The van der Waals surface area contributed by atoms with Gasteiger partial charge in [0.1, 0.15) is 11.8 Å². The normalized spacial score (nSPS) is 16.5. The van der Waals surface area contributed by atoms with E-state index in [-0.39, 0.29) is 12.6 Å². The Kier molecular flexibility index (Phi) is 8.43. The lowest BCUT2D eigenvalue weighted by Crippen LogP contribution is -3.05. The van der Waals surface area contributed by atoms with E-state index >= 15 is 0 Å². The van der Waals surface area contributed by atoms with Gasteiger partial charge in [0.15, 0.2) is 11.7 Å². The third-order valence-electron chi connectivity index (χ3n) is 4.67. The SMILES string of the molecule is CCOC(=O)C1=C(C)N(CCC[NH+](C)C)C(=S)N[C@@H]1c1ccc(OCC#N)cc1. The summed E-state index contributed by atoms with van der Waals surface area (Å²) in [5.74, 6) is 0.248. The predicted octanol–water partition coefficient (Wildman–Crippen LogP) is 1.19. The smallest absolute Gasteiger partial charge is 0.338 e. The quantitative estimate of drug-likeness (QED) is 0.462. The Morgan fingerprint density at radius 3 is 2.62 bits per heavy atom. The summed E-state index contributed by atoms with van der Waals surface area (Å²) in [6.07, 6.45) is 0.952. The van der Waals surface area contributed by atoms with Crippen LogP contribution in [0.1, 0.15) is 31.9 Å². The van der Waals surface area contributed by atoms with Crippen LogP contribution < -0.4 is 15.0 Å². The summed E-state index contributed by atoms with van der Waals surface area (Å²) in [6, 6.07) is 8.83. The Labute approximate surface area is 177 Å². The largest absolute Gasteiger partial charge is 0.479 e. The van der Waals surface area contributed by atoms with Crippen LogP contribution in [0.3, 0.4) is 0 Å². The van der Waals surface area contributed by atoms with Crippen molar-refractivity contribution in [2.75, 3.05) is 40.4 Å². The van der Waals surface area contributed by atoms with Crippen LogP contribution in [0.25, 0.3) is 0 Å². The Morgan fingerprint density at radius 2 is 2.03 bits per heavy atom. The molecule has 0 aliphatic carbocycles. The van der Waals surface area contributed by atoms with Crippen molar-refractivity contribution in [3.05, 3.63) is 41.1 Å². The molecule has 29 heavy (non-hydrogen) atoms. The van der Waals surface area contributed by atoms with E-state index in [1.807, 2.05) is 30.0 Å². The van der Waals surface area contributed by atoms with Crippen LogP contribution in [0.15, 0.2) is 35.5 Å². The topological polar surface area (TPSA) is 79.0 Å². The predicted molar refractivity (Wildman–Crippen MR) is 114 cm³/mol. The van der Waals surface area contributed by atoms with Gasteiger partial charge in [-0.2, -0.15) is 5.26 Å². The minimum absolute atomic E-state index is 0.0121. The number of allylic oxidation sites excluding steroid dienone is 1. The summed E-state index contributed by atoms with van der Waals surface area (Å²) in [4.78, 5) is 16.1. The maximum Gasteiger partial charge on any atom is 0.338 e. The van der Waals surface area contributed by atoms with Crippen LogP contribution in [-0.4, -0.2) is 56.4 Å². The molecular formula is C21H29N4O3S+. The molecule has 8 heteroatoms. The summed E-state index contributed by atoms with van der Waals surface area (Å²) >= 11 is 5.61. The van der Waals surface area contributed by atoms with Crippen molar-refractivity contribution < 1.29 is 19.2 Å². The van der Waals surface area contributed by atoms with Crippen LogP contribution in [0.4, 0.5) is 0 Å². The van der Waals surface area contributed by atoms with Gasteiger partial charge in [0, 0.05) is 18.7 Å². The lowest BCUT2D eigenvalue weighted by molar-refractivity contribution is -0.858. The highest BCUT2D eigenvalue weighted by molar-refractivity contribution is 7.80. The van der Waals surface area contributed by atoms with Crippen molar-refractivity contribution in [1.82, 2.24) is 10.2 Å². The summed E-state index contributed by atoms with van der Waals surface area (Å²) < 4.78 is 10.6. The zero-order valence-electron chi connectivity index (χ0n) is 17.4. The molecule has 0 saturated heterocycles. The second-order valence-corrected chi connectivity index (χ2v) is 7.47. The number of carbonyl (C=O) groups excluding carboxylic acids is 1. The van der Waals surface area contributed by atoms with E-state index in [0.717, 1.165) is 30.8 Å². The molecule has 0 bridgehead atoms. The summed E-state index contributed by atoms with van der Waals surface area (Å²) in [5.41, 5.74) is 2.25. The van der Waals surface area contributed by atoms with E-state index < -0.39 is 6.04 Å². The molecular weight excluding hydrogens is 388 g/mol. The number of quaternary nitrogens is 1. The number of nitriles is 1. The second-order valence-electron chi connectivity index (χ2n) is 7.08. The minimum atomic E-state index is -0.401. The number of carbonyl (C=O) groups is 1. The lowest BCUT2D eigenvalue weighted by Gasteiger charge is -2.37. The van der Waals surface area contributed by atoms with Gasteiger partial charge >= 0.3 is 5.97 Å². The van der Waals surface area contributed by atoms with Crippen LogP contribution >= 0.6 is 12.2 Å². The molecule has 0 unspecified atom stereocenters. The highest BCUT2D eigenvalue weighted by Gasteiger charge is 2.34. The Morgan fingerprint density at radius 1 is 1.34 bits per heavy atom. The number of rotatable bonds is 9. The average molecular weight is 418 g/mol. The molecule has 0 aromatic heterocycles. The minimum Gasteiger partial charge on any atom is -0.479 e. The lowest BCUT2D eigenvalue weighted by atomic mass is 9.95. The van der Waals surface area contributed by atoms with Gasteiger partial charge in [-0.1, -0.05) is 12.1 Å². The molecule has 1 aliphatic heterocycles. The van der Waals surface area contributed by atoms with Crippen molar-refractivity contribution in [2.24, 2.45) is 0 Å². The molecule has 1 aliphatic rings.